The molecule has 2 rings (SSSR count). The summed E-state index contributed by atoms with van der Waals surface area (Å²) in [5.41, 5.74) is -2.25. The summed E-state index contributed by atoms with van der Waals surface area (Å²) in [5.74, 6) is -1.56. The standard InChI is InChI=1S/C24H38N4O6S/c1-8-16(9-2)19(26-15(3)29)18-17(27-21(31)33-23(4,5)6)10-11-24(18,20(30)32-7)34-22(35)28-13-12-25-14-28/h12-14,16-19H,8-11H2,1-7H3,(H,26,29)(H,27,31). The Hall–Kier alpha value is -2.69. The molecule has 11 heteroatoms. The monoisotopic (exact) mass is 510 g/mol. The molecule has 1 saturated carbocycles. The predicted octanol–water partition coefficient (Wildman–Crippen LogP) is 3.19. The highest BCUT2D eigenvalue weighted by Crippen LogP contribution is 2.45. The minimum atomic E-state index is -1.55. The lowest BCUT2D eigenvalue weighted by Gasteiger charge is -2.42. The van der Waals surface area contributed by atoms with E-state index in [1.165, 1.54) is 24.9 Å². The Labute approximate surface area is 212 Å². The van der Waals surface area contributed by atoms with Crippen LogP contribution in [0, 0.1) is 11.8 Å². The first-order valence-electron chi connectivity index (χ1n) is 11.9. The average molecular weight is 511 g/mol. The van der Waals surface area contributed by atoms with E-state index in [-0.39, 0.29) is 23.4 Å². The van der Waals surface area contributed by atoms with E-state index in [1.807, 2.05) is 13.8 Å². The molecule has 1 fully saturated rings. The summed E-state index contributed by atoms with van der Waals surface area (Å²) >= 11 is 5.49. The van der Waals surface area contributed by atoms with Crippen LogP contribution in [0.15, 0.2) is 18.7 Å². The van der Waals surface area contributed by atoms with Gasteiger partial charge in [-0.05, 0) is 45.3 Å². The zero-order valence-corrected chi connectivity index (χ0v) is 22.4. The van der Waals surface area contributed by atoms with Gasteiger partial charge in [0.1, 0.15) is 11.9 Å². The summed E-state index contributed by atoms with van der Waals surface area (Å²) in [6.07, 6.45) is 6.10. The van der Waals surface area contributed by atoms with Crippen LogP contribution in [0.25, 0.3) is 0 Å². The lowest BCUT2D eigenvalue weighted by atomic mass is 9.75. The van der Waals surface area contributed by atoms with Crippen LogP contribution in [0.3, 0.4) is 0 Å². The molecule has 0 aromatic carbocycles. The number of carbonyl (C=O) groups excluding carboxylic acids is 3. The molecule has 0 aliphatic heterocycles. The number of rotatable bonds is 8. The molecule has 1 aliphatic rings. The number of ether oxygens (including phenoxy) is 3. The van der Waals surface area contributed by atoms with Crippen molar-refractivity contribution < 1.29 is 28.6 Å². The first-order chi connectivity index (χ1) is 16.4. The van der Waals surface area contributed by atoms with E-state index >= 15 is 0 Å². The van der Waals surface area contributed by atoms with Crippen molar-refractivity contribution in [1.82, 2.24) is 20.2 Å². The Balaban J connectivity index is 2.59. The number of esters is 1. The number of aromatic nitrogens is 2. The van der Waals surface area contributed by atoms with Crippen molar-refractivity contribution in [2.75, 3.05) is 7.11 Å². The van der Waals surface area contributed by atoms with Crippen molar-refractivity contribution >= 4 is 35.4 Å². The molecule has 35 heavy (non-hydrogen) atoms. The van der Waals surface area contributed by atoms with Gasteiger partial charge in [0.2, 0.25) is 11.5 Å². The summed E-state index contributed by atoms with van der Waals surface area (Å²) in [5, 5.41) is 5.97. The van der Waals surface area contributed by atoms with E-state index in [0.29, 0.717) is 6.42 Å². The summed E-state index contributed by atoms with van der Waals surface area (Å²) < 4.78 is 18.4. The highest BCUT2D eigenvalue weighted by molar-refractivity contribution is 7.80. The summed E-state index contributed by atoms with van der Waals surface area (Å²) in [6.45, 7) is 10.8. The van der Waals surface area contributed by atoms with Gasteiger partial charge < -0.3 is 24.8 Å². The fourth-order valence-corrected chi connectivity index (χ4v) is 5.14. The number of methoxy groups -OCH3 is 1. The number of hydrogen-bond donors (Lipinski definition) is 2. The molecule has 1 aliphatic carbocycles. The van der Waals surface area contributed by atoms with Crippen molar-refractivity contribution in [2.24, 2.45) is 11.8 Å². The van der Waals surface area contributed by atoms with Crippen LogP contribution in [-0.4, -0.2) is 63.1 Å². The highest BCUT2D eigenvalue weighted by Gasteiger charge is 2.61. The summed E-state index contributed by atoms with van der Waals surface area (Å²) in [6, 6.07) is -1.05. The molecule has 1 aromatic rings. The second-order valence-corrected chi connectivity index (χ2v) is 10.2. The van der Waals surface area contributed by atoms with Gasteiger partial charge in [-0.25, -0.2) is 14.6 Å². The zero-order valence-electron chi connectivity index (χ0n) is 21.6. The molecular weight excluding hydrogens is 472 g/mol. The number of alkyl carbamates (subject to hydrolysis) is 1. The Morgan fingerprint density at radius 2 is 1.91 bits per heavy atom. The smallest absolute Gasteiger partial charge is 0.407 e. The molecular formula is C24H38N4O6S. The van der Waals surface area contributed by atoms with Gasteiger partial charge in [0.05, 0.1) is 13.0 Å². The molecule has 4 atom stereocenters. The molecule has 2 N–H and O–H groups in total. The normalized spacial score (nSPS) is 22.9. The van der Waals surface area contributed by atoms with Crippen LogP contribution in [0.2, 0.25) is 0 Å². The fraction of sp³-hybridized carbons (Fsp3) is 0.708. The van der Waals surface area contributed by atoms with E-state index < -0.39 is 41.3 Å². The van der Waals surface area contributed by atoms with Crippen LogP contribution < -0.4 is 10.6 Å². The largest absolute Gasteiger partial charge is 0.466 e. The number of nitrogens with one attached hydrogen (secondary N) is 2. The van der Waals surface area contributed by atoms with Crippen molar-refractivity contribution in [2.45, 2.75) is 90.5 Å². The molecule has 1 aromatic heterocycles. The first-order valence-corrected chi connectivity index (χ1v) is 12.4. The van der Waals surface area contributed by atoms with Crippen LogP contribution in [-0.2, 0) is 23.8 Å². The van der Waals surface area contributed by atoms with E-state index in [9.17, 15) is 14.4 Å². The van der Waals surface area contributed by atoms with Gasteiger partial charge in [-0.2, -0.15) is 0 Å². The fourth-order valence-electron chi connectivity index (χ4n) is 4.88. The van der Waals surface area contributed by atoms with Gasteiger partial charge in [-0.15, -0.1) is 0 Å². The van der Waals surface area contributed by atoms with Crippen molar-refractivity contribution in [3.63, 3.8) is 0 Å². The quantitative estimate of drug-likeness (QED) is 0.404. The topological polar surface area (TPSA) is 121 Å². The first kappa shape index (κ1) is 28.5. The van der Waals surface area contributed by atoms with Crippen molar-refractivity contribution in [3.05, 3.63) is 18.7 Å². The lowest BCUT2D eigenvalue weighted by molar-refractivity contribution is -0.167. The Bertz CT molecular complexity index is 896. The Kier molecular flexibility index (Phi) is 9.65. The number of imidazole rings is 1. The van der Waals surface area contributed by atoms with Gasteiger partial charge in [0.15, 0.2) is 0 Å². The molecule has 0 bridgehead atoms. The molecule has 2 amide bonds. The Morgan fingerprint density at radius 1 is 1.26 bits per heavy atom. The maximum Gasteiger partial charge on any atom is 0.407 e. The molecule has 1 heterocycles. The van der Waals surface area contributed by atoms with E-state index in [2.05, 4.69) is 15.6 Å². The summed E-state index contributed by atoms with van der Waals surface area (Å²) in [7, 11) is 1.28. The number of amides is 2. The number of carbonyl (C=O) groups is 3. The third kappa shape index (κ3) is 6.93. The van der Waals surface area contributed by atoms with Crippen molar-refractivity contribution in [1.29, 1.82) is 0 Å². The minimum absolute atomic E-state index is 0.000570. The second-order valence-electron chi connectivity index (χ2n) is 9.84. The van der Waals surface area contributed by atoms with Gasteiger partial charge in [-0.1, -0.05) is 26.7 Å². The summed E-state index contributed by atoms with van der Waals surface area (Å²) in [4.78, 5) is 42.5. The number of thiocarbonyl (C=S) groups is 1. The third-order valence-electron chi connectivity index (χ3n) is 6.33. The highest BCUT2D eigenvalue weighted by atomic mass is 32.1. The molecule has 10 nitrogen and oxygen atoms in total. The number of hydrogen-bond acceptors (Lipinski definition) is 8. The maximum absolute atomic E-state index is 13.4. The molecule has 0 spiro atoms. The van der Waals surface area contributed by atoms with Gasteiger partial charge >= 0.3 is 12.1 Å². The second kappa shape index (κ2) is 11.8. The van der Waals surface area contributed by atoms with Crippen molar-refractivity contribution in [3.8, 4) is 0 Å². The zero-order chi connectivity index (χ0) is 26.4. The van der Waals surface area contributed by atoms with Gasteiger partial charge in [-0.3, -0.25) is 9.36 Å². The third-order valence-corrected chi connectivity index (χ3v) is 6.62. The Morgan fingerprint density at radius 3 is 2.40 bits per heavy atom. The SMILES string of the molecule is CCC(CC)C(NC(C)=O)C1C(NC(=O)OC(C)(C)C)CCC1(OC(=S)n1ccnc1)C(=O)OC. The maximum atomic E-state index is 13.4. The van der Waals surface area contributed by atoms with Crippen LogP contribution >= 0.6 is 12.2 Å². The molecule has 196 valence electrons. The van der Waals surface area contributed by atoms with Gasteiger partial charge in [0.25, 0.3) is 5.17 Å². The number of nitrogens with zero attached hydrogens (tertiary/aromatic N) is 2. The van der Waals surface area contributed by atoms with E-state index in [1.54, 1.807) is 33.2 Å². The molecule has 0 radical (unpaired) electrons. The predicted molar refractivity (Wildman–Crippen MR) is 134 cm³/mol. The molecule has 4 unspecified atom stereocenters. The van der Waals surface area contributed by atoms with E-state index in [4.69, 9.17) is 26.4 Å². The lowest BCUT2D eigenvalue weighted by Crippen LogP contribution is -2.62. The average Bonchev–Trinajstić information content (AvgIpc) is 3.41. The minimum Gasteiger partial charge on any atom is -0.466 e. The van der Waals surface area contributed by atoms with E-state index in [0.717, 1.165) is 12.8 Å². The van der Waals surface area contributed by atoms with Crippen LogP contribution in [0.4, 0.5) is 4.79 Å². The molecule has 0 saturated heterocycles. The van der Waals surface area contributed by atoms with Crippen LogP contribution in [0.5, 0.6) is 0 Å². The van der Waals surface area contributed by atoms with Gasteiger partial charge in [0, 0.05) is 37.8 Å². The van der Waals surface area contributed by atoms with Crippen LogP contribution in [0.1, 0.15) is 67.2 Å².